The molecule has 106 valence electrons. The van der Waals surface area contributed by atoms with Gasteiger partial charge >= 0.3 is 0 Å². The van der Waals surface area contributed by atoms with Crippen LogP contribution in [0.3, 0.4) is 0 Å². The standard InChI is InChI=1S/C17H18BrFO/c1-11-3-4-12(2)14(7-11)10-15(20)8-13-5-6-17(19)16(18)9-13/h3-7,9,15,20H,8,10H2,1-2H3. The maximum atomic E-state index is 13.2. The Morgan fingerprint density at radius 2 is 1.85 bits per heavy atom. The Labute approximate surface area is 127 Å². The number of benzene rings is 2. The average molecular weight is 337 g/mol. The highest BCUT2D eigenvalue weighted by Gasteiger charge is 2.10. The third kappa shape index (κ3) is 3.90. The van der Waals surface area contributed by atoms with Crippen LogP contribution in [0.15, 0.2) is 40.9 Å². The minimum Gasteiger partial charge on any atom is -0.392 e. The van der Waals surface area contributed by atoms with Crippen molar-refractivity contribution < 1.29 is 9.50 Å². The molecule has 1 N–H and O–H groups in total. The Bertz CT molecular complexity index is 610. The van der Waals surface area contributed by atoms with Crippen molar-refractivity contribution in [1.82, 2.24) is 0 Å². The molecule has 0 spiro atoms. The summed E-state index contributed by atoms with van der Waals surface area (Å²) in [5, 5.41) is 10.2. The van der Waals surface area contributed by atoms with Crippen LogP contribution >= 0.6 is 15.9 Å². The summed E-state index contributed by atoms with van der Waals surface area (Å²) in [4.78, 5) is 0. The van der Waals surface area contributed by atoms with Gasteiger partial charge in [-0.2, -0.15) is 0 Å². The molecule has 0 aromatic heterocycles. The molecular weight excluding hydrogens is 319 g/mol. The van der Waals surface area contributed by atoms with Crippen molar-refractivity contribution >= 4 is 15.9 Å². The second-order valence-electron chi connectivity index (χ2n) is 5.24. The molecule has 0 aliphatic rings. The Kier molecular flexibility index (Phi) is 4.95. The van der Waals surface area contributed by atoms with E-state index in [9.17, 15) is 9.50 Å². The molecule has 1 unspecified atom stereocenters. The van der Waals surface area contributed by atoms with Crippen LogP contribution in [0.25, 0.3) is 0 Å². The molecule has 0 saturated carbocycles. The quantitative estimate of drug-likeness (QED) is 0.879. The second kappa shape index (κ2) is 6.51. The van der Waals surface area contributed by atoms with E-state index < -0.39 is 6.10 Å². The van der Waals surface area contributed by atoms with E-state index in [2.05, 4.69) is 41.1 Å². The Balaban J connectivity index is 2.06. The van der Waals surface area contributed by atoms with Gasteiger partial charge in [0.1, 0.15) is 5.82 Å². The van der Waals surface area contributed by atoms with Gasteiger partial charge in [0.15, 0.2) is 0 Å². The molecule has 0 aliphatic carbocycles. The molecular formula is C17H18BrFO. The first-order chi connectivity index (χ1) is 9.45. The van der Waals surface area contributed by atoms with E-state index in [4.69, 9.17) is 0 Å². The van der Waals surface area contributed by atoms with Gasteiger partial charge in [-0.3, -0.25) is 0 Å². The summed E-state index contributed by atoms with van der Waals surface area (Å²) >= 11 is 3.17. The summed E-state index contributed by atoms with van der Waals surface area (Å²) in [6.07, 6.45) is 0.669. The zero-order valence-corrected chi connectivity index (χ0v) is 13.2. The highest BCUT2D eigenvalue weighted by atomic mass is 79.9. The molecule has 0 amide bonds. The normalized spacial score (nSPS) is 12.4. The zero-order chi connectivity index (χ0) is 14.7. The molecule has 0 radical (unpaired) electrons. The molecule has 1 nitrogen and oxygen atoms in total. The Hall–Kier alpha value is -1.19. The van der Waals surface area contributed by atoms with Gasteiger partial charge in [0, 0.05) is 0 Å². The van der Waals surface area contributed by atoms with Crippen molar-refractivity contribution in [1.29, 1.82) is 0 Å². The smallest absolute Gasteiger partial charge is 0.137 e. The lowest BCUT2D eigenvalue weighted by Crippen LogP contribution is -2.14. The molecule has 2 aromatic rings. The topological polar surface area (TPSA) is 20.2 Å². The van der Waals surface area contributed by atoms with Crippen molar-refractivity contribution in [2.45, 2.75) is 32.8 Å². The molecule has 0 fully saturated rings. The molecule has 0 aliphatic heterocycles. The molecule has 0 bridgehead atoms. The maximum Gasteiger partial charge on any atom is 0.137 e. The SMILES string of the molecule is Cc1ccc(C)c(CC(O)Cc2ccc(F)c(Br)c2)c1. The number of aryl methyl sites for hydroxylation is 2. The summed E-state index contributed by atoms with van der Waals surface area (Å²) in [6.45, 7) is 4.10. The van der Waals surface area contributed by atoms with Crippen molar-refractivity contribution in [3.05, 3.63) is 68.9 Å². The van der Waals surface area contributed by atoms with E-state index >= 15 is 0 Å². The third-order valence-corrected chi connectivity index (χ3v) is 4.02. The van der Waals surface area contributed by atoms with Crippen LogP contribution in [0.4, 0.5) is 4.39 Å². The fourth-order valence-electron chi connectivity index (χ4n) is 2.28. The van der Waals surface area contributed by atoms with Crippen LogP contribution in [0.5, 0.6) is 0 Å². The molecule has 1 atom stereocenters. The first kappa shape index (κ1) is 15.2. The molecule has 20 heavy (non-hydrogen) atoms. The van der Waals surface area contributed by atoms with Crippen molar-refractivity contribution in [2.24, 2.45) is 0 Å². The van der Waals surface area contributed by atoms with Crippen LogP contribution in [-0.2, 0) is 12.8 Å². The monoisotopic (exact) mass is 336 g/mol. The third-order valence-electron chi connectivity index (χ3n) is 3.42. The van der Waals surface area contributed by atoms with E-state index in [0.29, 0.717) is 17.3 Å². The van der Waals surface area contributed by atoms with E-state index in [1.807, 2.05) is 6.92 Å². The summed E-state index contributed by atoms with van der Waals surface area (Å²) in [5.41, 5.74) is 4.48. The minimum atomic E-state index is -0.465. The van der Waals surface area contributed by atoms with Crippen molar-refractivity contribution in [3.8, 4) is 0 Å². The van der Waals surface area contributed by atoms with Crippen LogP contribution in [-0.4, -0.2) is 11.2 Å². The van der Waals surface area contributed by atoms with Gasteiger partial charge in [0.25, 0.3) is 0 Å². The first-order valence-corrected chi connectivity index (χ1v) is 7.43. The summed E-state index contributed by atoms with van der Waals surface area (Å²) in [7, 11) is 0. The fraction of sp³-hybridized carbons (Fsp3) is 0.294. The number of aliphatic hydroxyl groups excluding tert-OH is 1. The number of halogens is 2. The Morgan fingerprint density at radius 3 is 2.55 bits per heavy atom. The van der Waals surface area contributed by atoms with Gasteiger partial charge in [-0.1, -0.05) is 29.8 Å². The van der Waals surface area contributed by atoms with Gasteiger partial charge in [-0.25, -0.2) is 4.39 Å². The zero-order valence-electron chi connectivity index (χ0n) is 11.7. The minimum absolute atomic E-state index is 0.280. The first-order valence-electron chi connectivity index (χ1n) is 6.64. The van der Waals surface area contributed by atoms with Crippen molar-refractivity contribution in [3.63, 3.8) is 0 Å². The number of hydrogen-bond acceptors (Lipinski definition) is 1. The van der Waals surface area contributed by atoms with E-state index in [1.165, 1.54) is 22.8 Å². The van der Waals surface area contributed by atoms with Crippen LogP contribution in [0.1, 0.15) is 22.3 Å². The molecule has 3 heteroatoms. The van der Waals surface area contributed by atoms with E-state index in [1.54, 1.807) is 12.1 Å². The summed E-state index contributed by atoms with van der Waals surface area (Å²) in [5.74, 6) is -0.280. The number of rotatable bonds is 4. The fourth-order valence-corrected chi connectivity index (χ4v) is 2.71. The largest absolute Gasteiger partial charge is 0.392 e. The molecule has 0 heterocycles. The van der Waals surface area contributed by atoms with Gasteiger partial charge in [-0.05, 0) is 71.4 Å². The lowest BCUT2D eigenvalue weighted by atomic mass is 9.97. The number of aliphatic hydroxyl groups is 1. The highest BCUT2D eigenvalue weighted by molar-refractivity contribution is 9.10. The van der Waals surface area contributed by atoms with Gasteiger partial charge in [0.05, 0.1) is 10.6 Å². The summed E-state index contributed by atoms with van der Waals surface area (Å²) < 4.78 is 13.6. The lowest BCUT2D eigenvalue weighted by molar-refractivity contribution is 0.175. The van der Waals surface area contributed by atoms with Gasteiger partial charge < -0.3 is 5.11 Å². The maximum absolute atomic E-state index is 13.2. The second-order valence-corrected chi connectivity index (χ2v) is 6.09. The molecule has 0 saturated heterocycles. The van der Waals surface area contributed by atoms with Crippen LogP contribution < -0.4 is 0 Å². The van der Waals surface area contributed by atoms with Gasteiger partial charge in [0.2, 0.25) is 0 Å². The van der Waals surface area contributed by atoms with Crippen LogP contribution in [0, 0.1) is 19.7 Å². The Morgan fingerprint density at radius 1 is 1.10 bits per heavy atom. The summed E-state index contributed by atoms with van der Waals surface area (Å²) in [6, 6.07) is 11.1. The number of hydrogen-bond donors (Lipinski definition) is 1. The molecule has 2 rings (SSSR count). The van der Waals surface area contributed by atoms with Crippen molar-refractivity contribution in [2.75, 3.05) is 0 Å². The highest BCUT2D eigenvalue weighted by Crippen LogP contribution is 2.19. The van der Waals surface area contributed by atoms with Gasteiger partial charge in [-0.15, -0.1) is 0 Å². The predicted octanol–water partition coefficient (Wildman–Crippen LogP) is 4.35. The average Bonchev–Trinajstić information content (AvgIpc) is 2.38. The van der Waals surface area contributed by atoms with E-state index in [-0.39, 0.29) is 5.82 Å². The van der Waals surface area contributed by atoms with Crippen LogP contribution in [0.2, 0.25) is 0 Å². The predicted molar refractivity (Wildman–Crippen MR) is 83.4 cm³/mol. The van der Waals surface area contributed by atoms with E-state index in [0.717, 1.165) is 5.56 Å². The molecule has 2 aromatic carbocycles. The lowest BCUT2D eigenvalue weighted by Gasteiger charge is -2.13.